The van der Waals surface area contributed by atoms with Crippen molar-refractivity contribution in [2.24, 2.45) is 5.92 Å². The first-order valence-electron chi connectivity index (χ1n) is 12.6. The Hall–Kier alpha value is -4.04. The quantitative estimate of drug-likeness (QED) is 0.137. The Balaban J connectivity index is 1.49. The number of rotatable bonds is 9. The van der Waals surface area contributed by atoms with Crippen LogP contribution in [0.1, 0.15) is 42.0 Å². The number of benzene rings is 3. The summed E-state index contributed by atoms with van der Waals surface area (Å²) in [5, 5.41) is 0. The van der Waals surface area contributed by atoms with E-state index in [0.29, 0.717) is 31.4 Å². The van der Waals surface area contributed by atoms with Crippen molar-refractivity contribution in [3.8, 4) is 22.6 Å². The van der Waals surface area contributed by atoms with Crippen LogP contribution < -0.4 is 9.47 Å². The topological polar surface area (TPSA) is 54.0 Å². The molecule has 4 rings (SSSR count). The summed E-state index contributed by atoms with van der Waals surface area (Å²) < 4.78 is 144. The van der Waals surface area contributed by atoms with E-state index in [4.69, 9.17) is 14.2 Å². The summed E-state index contributed by atoms with van der Waals surface area (Å²) in [6, 6.07) is 4.84. The molecule has 1 saturated heterocycles. The molecule has 0 unspecified atom stereocenters. The molecule has 5 nitrogen and oxygen atoms in total. The lowest BCUT2D eigenvalue weighted by molar-refractivity contribution is -0.206. The minimum Gasteiger partial charge on any atom is -0.423 e. The van der Waals surface area contributed by atoms with E-state index in [1.165, 1.54) is 0 Å². The zero-order valence-electron chi connectivity index (χ0n) is 22.0. The summed E-state index contributed by atoms with van der Waals surface area (Å²) >= 11 is 0. The van der Waals surface area contributed by atoms with Crippen LogP contribution in [0.25, 0.3) is 11.1 Å². The van der Waals surface area contributed by atoms with Crippen molar-refractivity contribution in [3.63, 3.8) is 0 Å². The van der Waals surface area contributed by atoms with Crippen LogP contribution in [0.5, 0.6) is 11.5 Å². The normalized spacial score (nSPS) is 17.0. The fourth-order valence-electron chi connectivity index (χ4n) is 4.29. The SMILES string of the molecule is CCCC1COC(c2cc(F)c(C(=O)Oc3ccc(-c4cc(F)c(OC(F)(F)C=C(F)F)c(F)c4)c(F)c3)c(F)c2)OC1. The lowest BCUT2D eigenvalue weighted by Gasteiger charge is -2.29. The van der Waals surface area contributed by atoms with Crippen LogP contribution in [0.2, 0.25) is 0 Å². The molecule has 1 aliphatic heterocycles. The Bertz CT molecular complexity index is 1480. The Morgan fingerprint density at radius 2 is 1.51 bits per heavy atom. The van der Waals surface area contributed by atoms with E-state index in [2.05, 4.69) is 4.74 Å². The van der Waals surface area contributed by atoms with Crippen LogP contribution in [0.3, 0.4) is 0 Å². The lowest BCUT2D eigenvalue weighted by atomic mass is 10.0. The molecule has 0 radical (unpaired) electrons. The molecule has 0 spiro atoms. The fraction of sp³-hybridized carbons (Fsp3) is 0.276. The molecule has 3 aromatic carbocycles. The number of ether oxygens (including phenoxy) is 4. The number of alkyl halides is 2. The Labute approximate surface area is 238 Å². The molecule has 0 saturated carbocycles. The summed E-state index contributed by atoms with van der Waals surface area (Å²) in [5.41, 5.74) is -2.15. The number of hydrogen-bond donors (Lipinski definition) is 0. The molecule has 0 atom stereocenters. The van der Waals surface area contributed by atoms with Gasteiger partial charge in [0.2, 0.25) is 0 Å². The van der Waals surface area contributed by atoms with Gasteiger partial charge in [0.1, 0.15) is 28.8 Å². The van der Waals surface area contributed by atoms with Crippen molar-refractivity contribution < 1.29 is 63.3 Å². The van der Waals surface area contributed by atoms with Crippen molar-refractivity contribution in [1.82, 2.24) is 0 Å². The third-order valence-corrected chi connectivity index (χ3v) is 6.18. The Morgan fingerprint density at radius 1 is 0.907 bits per heavy atom. The largest absolute Gasteiger partial charge is 0.425 e. The summed E-state index contributed by atoms with van der Waals surface area (Å²) in [5.74, 6) is -11.0. The summed E-state index contributed by atoms with van der Waals surface area (Å²) in [4.78, 5) is 12.5. The highest BCUT2D eigenvalue weighted by Gasteiger charge is 2.33. The lowest BCUT2D eigenvalue weighted by Crippen LogP contribution is -2.27. The Kier molecular flexibility index (Phi) is 9.70. The highest BCUT2D eigenvalue weighted by Crippen LogP contribution is 2.35. The Morgan fingerprint density at radius 3 is 2.05 bits per heavy atom. The van der Waals surface area contributed by atoms with Crippen LogP contribution in [-0.2, 0) is 9.47 Å². The molecule has 14 heteroatoms. The summed E-state index contributed by atoms with van der Waals surface area (Å²) in [7, 11) is 0. The second kappa shape index (κ2) is 13.1. The van der Waals surface area contributed by atoms with Gasteiger partial charge in [0.25, 0.3) is 6.08 Å². The minimum atomic E-state index is -4.76. The van der Waals surface area contributed by atoms with Gasteiger partial charge in [0.15, 0.2) is 23.7 Å². The second-order valence-electron chi connectivity index (χ2n) is 9.41. The van der Waals surface area contributed by atoms with Crippen LogP contribution in [0, 0.1) is 35.0 Å². The molecular weight excluding hydrogens is 599 g/mol. The third kappa shape index (κ3) is 7.68. The average Bonchev–Trinajstić information content (AvgIpc) is 2.90. The molecule has 43 heavy (non-hydrogen) atoms. The van der Waals surface area contributed by atoms with E-state index in [0.717, 1.165) is 37.1 Å². The molecule has 3 aromatic rings. The van der Waals surface area contributed by atoms with Gasteiger partial charge in [-0.05, 0) is 48.4 Å². The van der Waals surface area contributed by atoms with Gasteiger partial charge in [-0.3, -0.25) is 0 Å². The number of hydrogen-bond acceptors (Lipinski definition) is 5. The van der Waals surface area contributed by atoms with E-state index in [1.54, 1.807) is 0 Å². The predicted octanol–water partition coefficient (Wildman–Crippen LogP) is 8.48. The van der Waals surface area contributed by atoms with Crippen LogP contribution in [0.15, 0.2) is 54.6 Å². The van der Waals surface area contributed by atoms with Crippen LogP contribution >= 0.6 is 0 Å². The first-order valence-corrected chi connectivity index (χ1v) is 12.6. The van der Waals surface area contributed by atoms with Crippen LogP contribution in [-0.4, -0.2) is 25.3 Å². The summed E-state index contributed by atoms with van der Waals surface area (Å²) in [6.45, 7) is 2.63. The highest BCUT2D eigenvalue weighted by atomic mass is 19.3. The number of esters is 1. The zero-order valence-corrected chi connectivity index (χ0v) is 22.0. The van der Waals surface area contributed by atoms with E-state index in [1.807, 2.05) is 6.92 Å². The molecular formula is C29H21F9O5. The second-order valence-corrected chi connectivity index (χ2v) is 9.41. The molecule has 0 aliphatic carbocycles. The van der Waals surface area contributed by atoms with Gasteiger partial charge in [-0.2, -0.15) is 17.6 Å². The van der Waals surface area contributed by atoms with Crippen molar-refractivity contribution in [2.75, 3.05) is 13.2 Å². The smallest absolute Gasteiger partial charge is 0.423 e. The molecule has 0 aromatic heterocycles. The molecule has 0 N–H and O–H groups in total. The maximum atomic E-state index is 14.8. The number of halogens is 9. The monoisotopic (exact) mass is 620 g/mol. The van der Waals surface area contributed by atoms with Crippen LogP contribution in [0.4, 0.5) is 39.5 Å². The van der Waals surface area contributed by atoms with Gasteiger partial charge in [-0.15, -0.1) is 0 Å². The maximum absolute atomic E-state index is 14.8. The third-order valence-electron chi connectivity index (χ3n) is 6.18. The molecule has 1 heterocycles. The van der Waals surface area contributed by atoms with Crippen molar-refractivity contribution in [2.45, 2.75) is 32.2 Å². The van der Waals surface area contributed by atoms with Gasteiger partial charge < -0.3 is 18.9 Å². The molecule has 0 amide bonds. The zero-order chi connectivity index (χ0) is 31.5. The van der Waals surface area contributed by atoms with E-state index >= 15 is 0 Å². The van der Waals surface area contributed by atoms with Crippen molar-refractivity contribution in [1.29, 1.82) is 0 Å². The number of carbonyl (C=O) groups excluding carboxylic acids is 1. The highest BCUT2D eigenvalue weighted by molar-refractivity contribution is 5.91. The van der Waals surface area contributed by atoms with Gasteiger partial charge in [-0.1, -0.05) is 13.3 Å². The van der Waals surface area contributed by atoms with E-state index in [9.17, 15) is 44.3 Å². The molecule has 230 valence electrons. The maximum Gasteiger partial charge on any atom is 0.425 e. The standard InChI is InChI=1S/C29H21F9O5/c1-2-3-14-12-40-28(41-13-14)16-8-20(31)25(21(32)9-16)27(39)42-17-4-5-18(19(30)10-17)15-6-22(33)26(23(34)7-15)43-29(37,38)11-24(35)36/h4-11,14,28H,2-3,12-13H2,1H3. The van der Waals surface area contributed by atoms with Crippen molar-refractivity contribution >= 4 is 5.97 Å². The van der Waals surface area contributed by atoms with Crippen molar-refractivity contribution in [3.05, 3.63) is 94.8 Å². The molecule has 0 bridgehead atoms. The predicted molar refractivity (Wildman–Crippen MR) is 132 cm³/mol. The van der Waals surface area contributed by atoms with Gasteiger partial charge in [0.05, 0.1) is 19.3 Å². The van der Waals surface area contributed by atoms with E-state index < -0.39 is 87.8 Å². The first kappa shape index (κ1) is 31.9. The van der Waals surface area contributed by atoms with E-state index in [-0.39, 0.29) is 11.5 Å². The van der Waals surface area contributed by atoms with Gasteiger partial charge in [-0.25, -0.2) is 26.7 Å². The molecule has 1 fully saturated rings. The summed E-state index contributed by atoms with van der Waals surface area (Å²) in [6.07, 6.45) is -7.88. The van der Waals surface area contributed by atoms with Gasteiger partial charge in [0, 0.05) is 23.1 Å². The fourth-order valence-corrected chi connectivity index (χ4v) is 4.29. The average molecular weight is 620 g/mol. The molecule has 1 aliphatic rings. The van der Waals surface area contributed by atoms with Gasteiger partial charge >= 0.3 is 12.1 Å². The number of carbonyl (C=O) groups is 1. The first-order chi connectivity index (χ1) is 20.3. The minimum absolute atomic E-state index is 0.0115.